The van der Waals surface area contributed by atoms with Gasteiger partial charge in [0, 0.05) is 25.3 Å². The first-order chi connectivity index (χ1) is 12.8. The topological polar surface area (TPSA) is 6.48 Å². The molecule has 0 radical (unpaired) electrons. The zero-order valence-electron chi connectivity index (χ0n) is 15.5. The maximum atomic E-state index is 13.0. The minimum Gasteiger partial charge on any atom is -0.371 e. The summed E-state index contributed by atoms with van der Waals surface area (Å²) in [6, 6.07) is 15.8. The number of anilines is 1. The van der Waals surface area contributed by atoms with E-state index in [1.807, 2.05) is 12.1 Å². The Morgan fingerprint density at radius 3 is 2.46 bits per heavy atom. The number of para-hydroxylation sites is 1. The van der Waals surface area contributed by atoms with Gasteiger partial charge in [0.2, 0.25) is 0 Å². The van der Waals surface area contributed by atoms with Crippen LogP contribution in [0.1, 0.15) is 30.4 Å². The second kappa shape index (κ2) is 8.22. The second-order valence-electron chi connectivity index (χ2n) is 7.82. The van der Waals surface area contributed by atoms with Gasteiger partial charge >= 0.3 is 0 Å². The largest absolute Gasteiger partial charge is 0.371 e. The van der Waals surface area contributed by atoms with Gasteiger partial charge in [-0.3, -0.25) is 0 Å². The SMILES string of the molecule is Fc1ccc(CCN2CCC(CCN3CCc4ccccc43)CC2)cc1. The molecule has 2 aromatic rings. The summed E-state index contributed by atoms with van der Waals surface area (Å²) in [4.78, 5) is 5.15. The number of halogens is 1. The highest BCUT2D eigenvalue weighted by Crippen LogP contribution is 2.29. The summed E-state index contributed by atoms with van der Waals surface area (Å²) in [6.07, 6.45) is 6.19. The maximum absolute atomic E-state index is 13.0. The summed E-state index contributed by atoms with van der Waals surface area (Å²) in [5.41, 5.74) is 4.22. The van der Waals surface area contributed by atoms with Crippen LogP contribution in [0.2, 0.25) is 0 Å². The molecule has 0 saturated carbocycles. The van der Waals surface area contributed by atoms with Crippen molar-refractivity contribution in [1.29, 1.82) is 0 Å². The van der Waals surface area contributed by atoms with Crippen LogP contribution in [-0.4, -0.2) is 37.6 Å². The zero-order valence-corrected chi connectivity index (χ0v) is 15.5. The van der Waals surface area contributed by atoms with E-state index in [-0.39, 0.29) is 5.82 Å². The molecule has 0 spiro atoms. The average Bonchev–Trinajstić information content (AvgIpc) is 3.10. The van der Waals surface area contributed by atoms with Crippen LogP contribution in [-0.2, 0) is 12.8 Å². The number of nitrogens with zero attached hydrogens (tertiary/aromatic N) is 2. The fourth-order valence-corrected chi connectivity index (χ4v) is 4.41. The van der Waals surface area contributed by atoms with Crippen LogP contribution in [0.4, 0.5) is 10.1 Å². The van der Waals surface area contributed by atoms with Gasteiger partial charge < -0.3 is 9.80 Å². The van der Waals surface area contributed by atoms with Crippen molar-refractivity contribution in [2.24, 2.45) is 5.92 Å². The molecule has 3 heteroatoms. The molecule has 2 nitrogen and oxygen atoms in total. The molecule has 0 aliphatic carbocycles. The van der Waals surface area contributed by atoms with Gasteiger partial charge in [0.05, 0.1) is 0 Å². The first kappa shape index (κ1) is 17.5. The molecule has 0 unspecified atom stereocenters. The molecule has 0 atom stereocenters. The van der Waals surface area contributed by atoms with Crippen LogP contribution in [0, 0.1) is 11.7 Å². The Balaban J connectivity index is 1.18. The highest BCUT2D eigenvalue weighted by molar-refractivity contribution is 5.57. The number of fused-ring (bicyclic) bond motifs is 1. The molecule has 2 heterocycles. The third kappa shape index (κ3) is 4.27. The summed E-state index contributed by atoms with van der Waals surface area (Å²) < 4.78 is 13.0. The average molecular weight is 352 g/mol. The highest BCUT2D eigenvalue weighted by Gasteiger charge is 2.22. The van der Waals surface area contributed by atoms with Crippen LogP contribution < -0.4 is 4.90 Å². The fourth-order valence-electron chi connectivity index (χ4n) is 4.41. The van der Waals surface area contributed by atoms with Gasteiger partial charge in [-0.25, -0.2) is 4.39 Å². The Bertz CT molecular complexity index is 704. The van der Waals surface area contributed by atoms with Crippen LogP contribution in [0.25, 0.3) is 0 Å². The fraction of sp³-hybridized carbons (Fsp3) is 0.478. The van der Waals surface area contributed by atoms with E-state index < -0.39 is 0 Å². The quantitative estimate of drug-likeness (QED) is 0.753. The van der Waals surface area contributed by atoms with E-state index in [0.717, 1.165) is 18.9 Å². The monoisotopic (exact) mass is 352 g/mol. The summed E-state index contributed by atoms with van der Waals surface area (Å²) in [5, 5.41) is 0. The summed E-state index contributed by atoms with van der Waals surface area (Å²) in [7, 11) is 0. The standard InChI is InChI=1S/C23H29FN2/c24-22-7-5-19(6-8-22)9-14-25-15-10-20(11-16-25)12-17-26-18-13-21-3-1-2-4-23(21)26/h1-8,20H,9-18H2. The van der Waals surface area contributed by atoms with Gasteiger partial charge in [0.1, 0.15) is 5.82 Å². The third-order valence-corrected chi connectivity index (χ3v) is 6.13. The summed E-state index contributed by atoms with van der Waals surface area (Å²) in [5.74, 6) is 0.722. The molecular weight excluding hydrogens is 323 g/mol. The molecule has 0 bridgehead atoms. The maximum Gasteiger partial charge on any atom is 0.123 e. The number of hydrogen-bond acceptors (Lipinski definition) is 2. The van der Waals surface area contributed by atoms with E-state index >= 15 is 0 Å². The van der Waals surface area contributed by atoms with Crippen molar-refractivity contribution in [3.8, 4) is 0 Å². The van der Waals surface area contributed by atoms with Crippen molar-refractivity contribution in [3.05, 3.63) is 65.5 Å². The number of piperidine rings is 1. The van der Waals surface area contributed by atoms with Gasteiger partial charge in [-0.15, -0.1) is 0 Å². The smallest absolute Gasteiger partial charge is 0.123 e. The lowest BCUT2D eigenvalue weighted by Crippen LogP contribution is -2.36. The molecule has 0 aromatic heterocycles. The van der Waals surface area contributed by atoms with Crippen molar-refractivity contribution in [1.82, 2.24) is 4.90 Å². The lowest BCUT2D eigenvalue weighted by Gasteiger charge is -2.33. The number of benzene rings is 2. The van der Waals surface area contributed by atoms with Crippen molar-refractivity contribution in [3.63, 3.8) is 0 Å². The van der Waals surface area contributed by atoms with Crippen molar-refractivity contribution < 1.29 is 4.39 Å². The first-order valence-corrected chi connectivity index (χ1v) is 10.1. The van der Waals surface area contributed by atoms with Crippen LogP contribution >= 0.6 is 0 Å². The van der Waals surface area contributed by atoms with Gasteiger partial charge in [0.15, 0.2) is 0 Å². The van der Waals surface area contributed by atoms with Crippen LogP contribution in [0.15, 0.2) is 48.5 Å². The first-order valence-electron chi connectivity index (χ1n) is 10.1. The predicted molar refractivity (Wildman–Crippen MR) is 106 cm³/mol. The van der Waals surface area contributed by atoms with E-state index in [9.17, 15) is 4.39 Å². The Morgan fingerprint density at radius 2 is 1.65 bits per heavy atom. The molecule has 2 aromatic carbocycles. The van der Waals surface area contributed by atoms with Crippen LogP contribution in [0.5, 0.6) is 0 Å². The van der Waals surface area contributed by atoms with E-state index in [0.29, 0.717) is 0 Å². The van der Waals surface area contributed by atoms with E-state index in [2.05, 4.69) is 34.1 Å². The van der Waals surface area contributed by atoms with Gasteiger partial charge in [0.25, 0.3) is 0 Å². The summed E-state index contributed by atoms with van der Waals surface area (Å²) in [6.45, 7) is 5.91. The van der Waals surface area contributed by atoms with Gasteiger partial charge in [-0.05, 0) is 80.4 Å². The predicted octanol–water partition coefficient (Wildman–Crippen LogP) is 4.53. The molecule has 4 rings (SSSR count). The highest BCUT2D eigenvalue weighted by atomic mass is 19.1. The van der Waals surface area contributed by atoms with Gasteiger partial charge in [-0.2, -0.15) is 0 Å². The van der Waals surface area contributed by atoms with E-state index in [1.54, 1.807) is 12.1 Å². The Morgan fingerprint density at radius 1 is 0.885 bits per heavy atom. The molecule has 26 heavy (non-hydrogen) atoms. The molecule has 1 fully saturated rings. The third-order valence-electron chi connectivity index (χ3n) is 6.13. The number of rotatable bonds is 6. The molecule has 2 aliphatic heterocycles. The molecule has 138 valence electrons. The molecule has 2 aliphatic rings. The molecular formula is C23H29FN2. The van der Waals surface area contributed by atoms with E-state index in [1.165, 1.54) is 68.7 Å². The number of hydrogen-bond donors (Lipinski definition) is 0. The zero-order chi connectivity index (χ0) is 17.8. The van der Waals surface area contributed by atoms with Crippen molar-refractivity contribution in [2.45, 2.75) is 32.1 Å². The summed E-state index contributed by atoms with van der Waals surface area (Å²) >= 11 is 0. The molecule has 1 saturated heterocycles. The van der Waals surface area contributed by atoms with Crippen molar-refractivity contribution >= 4 is 5.69 Å². The number of likely N-dealkylation sites (tertiary alicyclic amines) is 1. The Hall–Kier alpha value is -1.87. The lowest BCUT2D eigenvalue weighted by atomic mass is 9.93. The Kier molecular flexibility index (Phi) is 5.54. The molecule has 0 amide bonds. The van der Waals surface area contributed by atoms with Crippen molar-refractivity contribution in [2.75, 3.05) is 37.6 Å². The van der Waals surface area contributed by atoms with Crippen LogP contribution in [0.3, 0.4) is 0 Å². The molecule has 0 N–H and O–H groups in total. The minimum absolute atomic E-state index is 0.143. The van der Waals surface area contributed by atoms with E-state index in [4.69, 9.17) is 0 Å². The lowest BCUT2D eigenvalue weighted by molar-refractivity contribution is 0.182. The normalized spacial score (nSPS) is 18.3. The minimum atomic E-state index is -0.143. The second-order valence-corrected chi connectivity index (χ2v) is 7.82. The Labute approximate surface area is 156 Å². The van der Waals surface area contributed by atoms with Gasteiger partial charge in [-0.1, -0.05) is 30.3 Å².